The summed E-state index contributed by atoms with van der Waals surface area (Å²) in [7, 11) is -5.46. The smallest absolute Gasteiger partial charge is 0.243 e. The van der Waals surface area contributed by atoms with Crippen molar-refractivity contribution in [3.05, 3.63) is 218 Å². The van der Waals surface area contributed by atoms with Crippen LogP contribution in [0.15, 0.2) is 157 Å². The normalized spacial score (nSPS) is 11.7. The summed E-state index contributed by atoms with van der Waals surface area (Å²) in [6, 6.07) is 44.3. The highest BCUT2D eigenvalue weighted by atomic mass is 35.5. The molecule has 0 atom stereocenters. The average molecular weight is 1780 g/mol. The number of aromatic hydroxyl groups is 3. The Morgan fingerprint density at radius 3 is 1.53 bits per heavy atom. The van der Waals surface area contributed by atoms with Gasteiger partial charge in [0, 0.05) is 52.4 Å². The van der Waals surface area contributed by atoms with Crippen molar-refractivity contribution in [2.45, 2.75) is 304 Å². The van der Waals surface area contributed by atoms with E-state index in [1.165, 1.54) is 233 Å². The molecular weight excluding hydrogens is 1640 g/mol. The van der Waals surface area contributed by atoms with E-state index in [2.05, 4.69) is 36.5 Å². The van der Waals surface area contributed by atoms with E-state index in [-0.39, 0.29) is 80.0 Å². The van der Waals surface area contributed by atoms with Gasteiger partial charge in [0.1, 0.15) is 28.7 Å². The van der Waals surface area contributed by atoms with Crippen molar-refractivity contribution in [3.63, 3.8) is 0 Å². The van der Waals surface area contributed by atoms with Gasteiger partial charge in [-0.2, -0.15) is 4.31 Å². The molecule has 0 aliphatic carbocycles. The van der Waals surface area contributed by atoms with E-state index in [0.717, 1.165) is 88.5 Å². The highest BCUT2D eigenvalue weighted by molar-refractivity contribution is 7.92. The zero-order valence-electron chi connectivity index (χ0n) is 75.9. The Morgan fingerprint density at radius 2 is 0.952 bits per heavy atom. The topological polar surface area (TPSA) is 235 Å². The van der Waals surface area contributed by atoms with Crippen LogP contribution in [0.1, 0.15) is 341 Å². The number of fused-ring (bicyclic) bond motifs is 4. The number of imidazole rings is 1. The highest BCUT2D eigenvalue weighted by Crippen LogP contribution is 2.41. The van der Waals surface area contributed by atoms with E-state index in [9.17, 15) is 46.5 Å². The molecule has 0 aliphatic rings. The first-order valence-electron chi connectivity index (χ1n) is 46.7. The van der Waals surface area contributed by atoms with Gasteiger partial charge in [-0.25, -0.2) is 26.8 Å². The summed E-state index contributed by atoms with van der Waals surface area (Å²) in [5.41, 5.74) is 6.72. The number of carbonyl (C=O) groups is 3. The number of thiazole rings is 1. The third-order valence-corrected chi connectivity index (χ3v) is 28.8. The monoisotopic (exact) mass is 1780 g/mol. The maximum atomic E-state index is 14.2. The molecule has 0 saturated heterocycles. The molecule has 2 heterocycles. The van der Waals surface area contributed by atoms with Crippen LogP contribution >= 0.6 is 22.9 Å². The number of halogens is 1. The second-order valence-electron chi connectivity index (χ2n) is 34.0. The fraction of sp³-hybridized carbons (Fsp3) is 0.476. The molecule has 11 rings (SSSR count). The molecule has 0 unspecified atom stereocenters. The van der Waals surface area contributed by atoms with Crippen LogP contribution in [-0.4, -0.2) is 87.2 Å². The second-order valence-corrected chi connectivity index (χ2v) is 39.2. The van der Waals surface area contributed by atoms with Crippen LogP contribution in [0, 0.1) is 20.8 Å². The molecule has 9 aromatic carbocycles. The Bertz CT molecular complexity index is 5540. The van der Waals surface area contributed by atoms with Gasteiger partial charge in [0.15, 0.2) is 10.8 Å². The number of nitrogens with zero attached hydrogens (tertiary/aromatic N) is 4. The van der Waals surface area contributed by atoms with Gasteiger partial charge < -0.3 is 24.6 Å². The Kier molecular flexibility index (Phi) is 41.3. The zero-order chi connectivity index (χ0) is 89.7. The minimum absolute atomic E-state index is 0.0166. The molecule has 0 saturated carbocycles. The number of benzene rings is 9. The maximum Gasteiger partial charge on any atom is 0.243 e. The van der Waals surface area contributed by atoms with Crippen LogP contribution in [0.3, 0.4) is 0 Å². The molecule has 20 heteroatoms. The summed E-state index contributed by atoms with van der Waals surface area (Å²) in [5.74, 6) is -0.196. The van der Waals surface area contributed by atoms with Gasteiger partial charge in [-0.3, -0.25) is 19.1 Å². The molecule has 125 heavy (non-hydrogen) atoms. The Morgan fingerprint density at radius 1 is 0.448 bits per heavy atom. The highest BCUT2D eigenvalue weighted by Gasteiger charge is 2.29. The first-order chi connectivity index (χ1) is 60.4. The van der Waals surface area contributed by atoms with Crippen LogP contribution < -0.4 is 9.46 Å². The molecule has 0 radical (unpaired) electrons. The number of hydrogen-bond donors (Lipinski definition) is 4. The van der Waals surface area contributed by atoms with E-state index < -0.39 is 25.8 Å². The summed E-state index contributed by atoms with van der Waals surface area (Å²) in [6.45, 7) is 16.8. The van der Waals surface area contributed by atoms with Crippen molar-refractivity contribution in [3.8, 4) is 28.7 Å². The number of ketones is 3. The maximum absolute atomic E-state index is 14.2. The lowest BCUT2D eigenvalue weighted by molar-refractivity contribution is 0.101. The average Bonchev–Trinajstić information content (AvgIpc) is 0.872. The van der Waals surface area contributed by atoms with Gasteiger partial charge in [0.2, 0.25) is 37.4 Å². The summed E-state index contributed by atoms with van der Waals surface area (Å²) in [6.07, 6.45) is 47.7. The predicted molar refractivity (Wildman–Crippen MR) is 520 cm³/mol. The number of sulfonamides is 2. The first-order valence-corrected chi connectivity index (χ1v) is 51.0. The quantitative estimate of drug-likeness (QED) is 0.0205. The van der Waals surface area contributed by atoms with Crippen LogP contribution in [0.2, 0.25) is 5.02 Å². The number of unbranched alkanes of at least 4 members (excludes halogenated alkanes) is 33. The fourth-order valence-electron chi connectivity index (χ4n) is 16.5. The largest absolute Gasteiger partial charge is 0.507 e. The van der Waals surface area contributed by atoms with Gasteiger partial charge in [-0.05, 0) is 142 Å². The van der Waals surface area contributed by atoms with Crippen molar-refractivity contribution in [1.82, 2.24) is 18.8 Å². The number of hydrogen-bond acceptors (Lipinski definition) is 14. The van der Waals surface area contributed by atoms with Gasteiger partial charge in [0.25, 0.3) is 0 Å². The van der Waals surface area contributed by atoms with E-state index in [1.807, 2.05) is 105 Å². The summed E-state index contributed by atoms with van der Waals surface area (Å²) < 4.78 is 65.2. The summed E-state index contributed by atoms with van der Waals surface area (Å²) in [5, 5.41) is 37.5. The predicted octanol–water partition coefficient (Wildman–Crippen LogP) is 29.0. The van der Waals surface area contributed by atoms with Crippen molar-refractivity contribution in [1.29, 1.82) is 0 Å². The first kappa shape index (κ1) is 99.8. The molecule has 2 aromatic heterocycles. The third kappa shape index (κ3) is 29.8. The van der Waals surface area contributed by atoms with Gasteiger partial charge in [0.05, 0.1) is 54.5 Å². The molecule has 0 amide bonds. The Labute approximate surface area is 754 Å². The molecule has 674 valence electrons. The number of phenols is 3. The number of carbonyl (C=O) groups excluding carboxylic acids is 3. The summed E-state index contributed by atoms with van der Waals surface area (Å²) >= 11 is 7.84. The number of anilines is 1. The van der Waals surface area contributed by atoms with Gasteiger partial charge in [-0.1, -0.05) is 348 Å². The Hall–Kier alpha value is -8.98. The van der Waals surface area contributed by atoms with Crippen molar-refractivity contribution < 1.29 is 51.3 Å². The van der Waals surface area contributed by atoms with Crippen molar-refractivity contribution >= 4 is 109 Å². The number of aryl methyl sites for hydroxylation is 4. The van der Waals surface area contributed by atoms with Crippen molar-refractivity contribution in [2.75, 3.05) is 23.6 Å². The lowest BCUT2D eigenvalue weighted by Gasteiger charge is -2.20. The zero-order valence-corrected chi connectivity index (χ0v) is 79.1. The van der Waals surface area contributed by atoms with Crippen LogP contribution in [0.5, 0.6) is 28.7 Å². The third-order valence-electron chi connectivity index (χ3n) is 24.1. The van der Waals surface area contributed by atoms with Crippen LogP contribution in [0.25, 0.3) is 42.5 Å². The second kappa shape index (κ2) is 51.7. The molecule has 0 spiro atoms. The van der Waals surface area contributed by atoms with E-state index in [1.54, 1.807) is 62.4 Å². The molecule has 0 aliphatic heterocycles. The number of nitrogens with one attached hydrogen (secondary N) is 1. The molecule has 4 N–H and O–H groups in total. The Balaban J connectivity index is 0.000000217. The molecule has 11 aromatic rings. The SMILES string of the molecule is CCCCCCCCCCCCCCCc1cccc(Oc2ccc(S(=O)(=O)N(CC)CC)cc2C(=O)c2cc(Cl)c3cc(C)ccc3c2O)c1.CCCCCCCCCCCCCCCc1nc(C(=O)c2ccc3cc(C)ccc3c2O)n(C)c1C.CCCCCCCCCCCCS(=O)(=O)Nc1ccc2sc(C(=O)c3ccc4ccccc4c3O)nc2c1. The van der Waals surface area contributed by atoms with Gasteiger partial charge in [-0.15, -0.1) is 11.3 Å². The van der Waals surface area contributed by atoms with Gasteiger partial charge >= 0.3 is 0 Å². The number of ether oxygens (including phenoxy) is 1. The molecule has 16 nitrogen and oxygen atoms in total. The number of rotatable bonds is 53. The minimum atomic E-state index is -3.88. The van der Waals surface area contributed by atoms with Crippen molar-refractivity contribution in [2.24, 2.45) is 7.05 Å². The van der Waals surface area contributed by atoms with E-state index in [0.29, 0.717) is 61.3 Å². The standard InChI is InChI=1S/C43H56ClNO5S.C32H46N2O2.C30H36N2O4S2/c1-5-8-9-10-11-12-13-14-15-16-17-18-19-21-33-22-20-23-34(29-33)50-41-27-25-35(51(48,49)45(6-2)7-3)30-38(41)43(47)39-31-40(44)37-28-32(4)24-26-36(37)42(39)46;1-5-6-7-8-9-10-11-12-13-14-15-16-17-18-29-25(3)34(4)32(33-29)31(36)28-22-20-26-23-24(2)19-21-27(26)30(28)35;1-2-3-4-5-6-7-8-9-10-13-20-38(35,36)32-23-17-19-27-26(21-23)31-30(37-27)29(34)25-18-16-22-14-11-12-15-24(22)28(25)33/h20,22-31,46H,5-19,21H2,1-4H3;19-23,35H,5-18H2,1-4H3;11-12,14-19,21,32-33H,2-10,13,20H2,1H3. The fourth-order valence-corrected chi connectivity index (χ4v) is 20.3. The van der Waals surface area contributed by atoms with Crippen LogP contribution in [-0.2, 0) is 39.9 Å². The lowest BCUT2D eigenvalue weighted by Crippen LogP contribution is -2.30. The summed E-state index contributed by atoms with van der Waals surface area (Å²) in [4.78, 5) is 49.8. The van der Waals surface area contributed by atoms with E-state index >= 15 is 0 Å². The lowest BCUT2D eigenvalue weighted by atomic mass is 9.97. The molecule has 0 fully saturated rings. The van der Waals surface area contributed by atoms with Crippen LogP contribution in [0.4, 0.5) is 5.69 Å². The molecule has 0 bridgehead atoms. The number of aromatic nitrogens is 3. The number of phenolic OH excluding ortho intramolecular Hbond substituents is 3. The molecular formula is C105H138ClN5O11S3. The minimum Gasteiger partial charge on any atom is -0.507 e. The van der Waals surface area contributed by atoms with E-state index in [4.69, 9.17) is 21.3 Å².